The van der Waals surface area contributed by atoms with E-state index in [-0.39, 0.29) is 37.2 Å². The van der Waals surface area contributed by atoms with E-state index in [1.807, 2.05) is 64.2 Å². The molecule has 0 spiro atoms. The first kappa shape index (κ1) is 44.1. The van der Waals surface area contributed by atoms with Crippen molar-refractivity contribution in [1.29, 1.82) is 0 Å². The fourth-order valence-electron chi connectivity index (χ4n) is 5.98. The zero-order chi connectivity index (χ0) is 40.9. The maximum absolute atomic E-state index is 14.4. The van der Waals surface area contributed by atoms with E-state index in [1.165, 1.54) is 49.2 Å². The van der Waals surface area contributed by atoms with Crippen molar-refractivity contribution in [3.8, 4) is 0 Å². The number of aromatic nitrogens is 2. The highest BCUT2D eigenvalue weighted by molar-refractivity contribution is 7.48. The molecule has 0 aliphatic carbocycles. The normalized spacial score (nSPS) is 24.4. The number of nitrogens with zero attached hydrogens (tertiary/aromatic N) is 2. The summed E-state index contributed by atoms with van der Waals surface area (Å²) in [5.74, 6) is 0. The van der Waals surface area contributed by atoms with Gasteiger partial charge in [0.25, 0.3) is 5.56 Å². The fourth-order valence-corrected chi connectivity index (χ4v) is 8.65. The highest BCUT2D eigenvalue weighted by Gasteiger charge is 2.52. The van der Waals surface area contributed by atoms with Crippen LogP contribution in [0, 0.1) is 0 Å². The van der Waals surface area contributed by atoms with E-state index in [0.717, 1.165) is 16.2 Å². The minimum absolute atomic E-state index is 0.0487. The van der Waals surface area contributed by atoms with Crippen LogP contribution in [0.2, 0.25) is 18.1 Å². The number of rotatable bonds is 17. The second-order valence-corrected chi connectivity index (χ2v) is 21.3. The maximum atomic E-state index is 14.4. The third-order valence-corrected chi connectivity index (χ3v) is 16.1. The summed E-state index contributed by atoms with van der Waals surface area (Å²) >= 11 is 0. The van der Waals surface area contributed by atoms with Gasteiger partial charge in [0.05, 0.1) is 38.6 Å². The van der Waals surface area contributed by atoms with Gasteiger partial charge in [-0.05, 0) is 35.3 Å². The lowest BCUT2D eigenvalue weighted by atomic mass is 10.1. The van der Waals surface area contributed by atoms with Gasteiger partial charge in [0.2, 0.25) is 0 Å². The number of phosphoric ester groups is 1. The largest absolute Gasteiger partial charge is 0.475 e. The molecular weight excluding hydrogens is 780 g/mol. The minimum atomic E-state index is -4.72. The van der Waals surface area contributed by atoms with Gasteiger partial charge in [-0.15, -0.1) is 0 Å². The highest BCUT2D eigenvalue weighted by atomic mass is 31.2. The van der Waals surface area contributed by atoms with Crippen LogP contribution in [0.25, 0.3) is 0 Å². The van der Waals surface area contributed by atoms with Crippen LogP contribution in [0.3, 0.4) is 0 Å². The summed E-state index contributed by atoms with van der Waals surface area (Å²) in [5.41, 5.74) is -1.78. The molecule has 2 aromatic carbocycles. The molecule has 0 saturated carbocycles. The van der Waals surface area contributed by atoms with Crippen LogP contribution < -0.4 is 11.2 Å². The summed E-state index contributed by atoms with van der Waals surface area (Å²) in [6.07, 6.45) is -9.23. The molecule has 19 heteroatoms. The van der Waals surface area contributed by atoms with Crippen molar-refractivity contribution < 1.29 is 59.4 Å². The van der Waals surface area contributed by atoms with Crippen LogP contribution in [0.5, 0.6) is 0 Å². The van der Waals surface area contributed by atoms with Crippen LogP contribution in [0.1, 0.15) is 43.7 Å². The van der Waals surface area contributed by atoms with Gasteiger partial charge in [-0.3, -0.25) is 22.9 Å². The molecule has 3 unspecified atom stereocenters. The Hall–Kier alpha value is -3.00. The second kappa shape index (κ2) is 18.3. The number of halogens is 3. The summed E-state index contributed by atoms with van der Waals surface area (Å²) in [4.78, 5) is 26.8. The minimum Gasteiger partial charge on any atom is -0.408 e. The monoisotopic (exact) mass is 830 g/mol. The van der Waals surface area contributed by atoms with Crippen LogP contribution in [-0.2, 0) is 72.4 Å². The second-order valence-electron chi connectivity index (χ2n) is 15.0. The predicted octanol–water partition coefficient (Wildman–Crippen LogP) is 6.28. The van der Waals surface area contributed by atoms with E-state index in [9.17, 15) is 27.3 Å². The Bertz CT molecular complexity index is 1920. The Labute approximate surface area is 324 Å². The third kappa shape index (κ3) is 10.5. The number of hydrogen-bond donors (Lipinski definition) is 0. The predicted molar refractivity (Wildman–Crippen MR) is 199 cm³/mol. The van der Waals surface area contributed by atoms with Gasteiger partial charge in [0, 0.05) is 26.5 Å². The van der Waals surface area contributed by atoms with Crippen molar-refractivity contribution >= 4 is 16.1 Å². The number of ether oxygens (including phenoxy) is 5. The molecule has 1 aromatic heterocycles. The van der Waals surface area contributed by atoms with E-state index < -0.39 is 89.1 Å². The zero-order valence-electron chi connectivity index (χ0n) is 32.4. The number of methoxy groups -OCH3 is 2. The van der Waals surface area contributed by atoms with Crippen LogP contribution in [-0.4, -0.2) is 82.0 Å². The van der Waals surface area contributed by atoms with E-state index in [0.29, 0.717) is 0 Å². The van der Waals surface area contributed by atoms with Crippen LogP contribution >= 0.6 is 7.82 Å². The van der Waals surface area contributed by atoms with Gasteiger partial charge >= 0.3 is 19.7 Å². The van der Waals surface area contributed by atoms with Crippen molar-refractivity contribution in [3.05, 3.63) is 104 Å². The zero-order valence-corrected chi connectivity index (χ0v) is 34.3. The van der Waals surface area contributed by atoms with Gasteiger partial charge in [0.1, 0.15) is 37.3 Å². The molecule has 56 heavy (non-hydrogen) atoms. The topological polar surface area (TPSA) is 144 Å². The number of phosphoric acid groups is 1. The summed E-state index contributed by atoms with van der Waals surface area (Å²) in [5, 5.41) is -0.306. The van der Waals surface area contributed by atoms with E-state index >= 15 is 0 Å². The molecular formula is C37H50F3N2O12PSi. The molecule has 2 saturated heterocycles. The van der Waals surface area contributed by atoms with Crippen LogP contribution in [0.15, 0.2) is 76.4 Å². The molecule has 3 heterocycles. The van der Waals surface area contributed by atoms with E-state index in [4.69, 9.17) is 41.7 Å². The molecule has 0 bridgehead atoms. The fraction of sp³-hybridized carbons (Fsp3) is 0.568. The summed E-state index contributed by atoms with van der Waals surface area (Å²) in [6.45, 7) is 8.63. The van der Waals surface area contributed by atoms with Gasteiger partial charge in [-0.1, -0.05) is 69.3 Å². The average Bonchev–Trinajstić information content (AvgIpc) is 3.73. The Morgan fingerprint density at radius 3 is 2.21 bits per heavy atom. The third-order valence-electron chi connectivity index (χ3n) is 10.1. The summed E-state index contributed by atoms with van der Waals surface area (Å²) in [7, 11) is -4.54. The first-order valence-electron chi connectivity index (χ1n) is 18.0. The molecule has 0 amide bonds. The van der Waals surface area contributed by atoms with Crippen molar-refractivity contribution in [2.24, 2.45) is 0 Å². The highest BCUT2D eigenvalue weighted by Crippen LogP contribution is 2.54. The number of alkyl halides is 3. The van der Waals surface area contributed by atoms with Crippen molar-refractivity contribution in [2.45, 2.75) is 102 Å². The summed E-state index contributed by atoms with van der Waals surface area (Å²) < 4.78 is 111. The molecule has 3 aromatic rings. The number of hydrogen-bond acceptors (Lipinski definition) is 12. The van der Waals surface area contributed by atoms with Gasteiger partial charge in [-0.2, -0.15) is 13.2 Å². The molecule has 310 valence electrons. The standard InChI is InChI=1S/C37H50F3N2O12PSi/c1-36(2,3)56(6,7)54-32-30(52-34(33(32)47-5)41-18-17-31(43)42(35(41)44)24-49-19-25-13-9-8-10-14-25)23-51-55(45,53-29-22-48-21-28(29)46-4)50-20-26-15-11-12-16-27(26)37(38,39)40/h8-18,28-30,32-34H,19-24H2,1-7H3/t28?,29?,30-,32-,33-,34-,55?/m1/s1. The lowest BCUT2D eigenvalue weighted by Gasteiger charge is -2.40. The lowest BCUT2D eigenvalue weighted by Crippen LogP contribution is -2.50. The molecule has 5 rings (SSSR count). The Balaban J connectivity index is 1.45. The lowest BCUT2D eigenvalue weighted by molar-refractivity contribution is -0.138. The molecule has 2 aliphatic heterocycles. The molecule has 7 atom stereocenters. The maximum Gasteiger partial charge on any atom is 0.475 e. The molecule has 14 nitrogen and oxygen atoms in total. The number of benzene rings is 2. The molecule has 0 radical (unpaired) electrons. The van der Waals surface area contributed by atoms with Gasteiger partial charge in [0.15, 0.2) is 14.5 Å². The van der Waals surface area contributed by atoms with Crippen LogP contribution in [0.4, 0.5) is 13.2 Å². The molecule has 0 N–H and O–H groups in total. The molecule has 2 aliphatic rings. The quantitative estimate of drug-likeness (QED) is 0.112. The first-order valence-corrected chi connectivity index (χ1v) is 22.4. The SMILES string of the molecule is COC1COCC1OP(=O)(OCc1ccccc1C(F)(F)F)OC[C@H]1O[C@@H](n2ccc(=O)n(COCc3ccccc3)c2=O)[C@H](OC)[C@@H]1O[Si](C)(C)C(C)(C)C. The van der Waals surface area contributed by atoms with E-state index in [1.54, 1.807) is 0 Å². The van der Waals surface area contributed by atoms with Crippen molar-refractivity contribution in [1.82, 2.24) is 9.13 Å². The van der Waals surface area contributed by atoms with Crippen molar-refractivity contribution in [2.75, 3.05) is 34.0 Å². The smallest absolute Gasteiger partial charge is 0.408 e. The van der Waals surface area contributed by atoms with Gasteiger partial charge < -0.3 is 28.1 Å². The Morgan fingerprint density at radius 1 is 0.875 bits per heavy atom. The van der Waals surface area contributed by atoms with Gasteiger partial charge in [-0.25, -0.2) is 13.9 Å². The molecule has 2 fully saturated rings. The Morgan fingerprint density at radius 2 is 1.55 bits per heavy atom. The van der Waals surface area contributed by atoms with E-state index in [2.05, 4.69) is 0 Å². The Kier molecular flexibility index (Phi) is 14.4. The van der Waals surface area contributed by atoms with Crippen molar-refractivity contribution in [3.63, 3.8) is 0 Å². The summed E-state index contributed by atoms with van der Waals surface area (Å²) in [6, 6.07) is 15.1. The first-order chi connectivity index (χ1) is 26.4. The average molecular weight is 831 g/mol.